The molecule has 16 heavy (non-hydrogen) atoms. The summed E-state index contributed by atoms with van der Waals surface area (Å²) in [6.45, 7) is 6.44. The Morgan fingerprint density at radius 2 is 2.19 bits per heavy atom. The summed E-state index contributed by atoms with van der Waals surface area (Å²) in [6, 6.07) is 5.76. The van der Waals surface area contributed by atoms with Gasteiger partial charge in [0.2, 0.25) is 5.91 Å². The minimum Gasteiger partial charge on any atom is -0.373 e. The molecule has 1 atom stereocenters. The van der Waals surface area contributed by atoms with Gasteiger partial charge >= 0.3 is 0 Å². The molecule has 0 aliphatic carbocycles. The van der Waals surface area contributed by atoms with Gasteiger partial charge in [-0.25, -0.2) is 0 Å². The second-order valence-corrected chi connectivity index (χ2v) is 4.60. The summed E-state index contributed by atoms with van der Waals surface area (Å²) in [5.74, 6) is 0.00924. The number of aryl methyl sites for hydroxylation is 1. The zero-order valence-corrected chi connectivity index (χ0v) is 11.4. The minimum absolute atomic E-state index is 0.00924. The molecule has 0 aliphatic rings. The fourth-order valence-electron chi connectivity index (χ4n) is 1.36. The summed E-state index contributed by atoms with van der Waals surface area (Å²) in [6.07, 6.45) is 0. The van der Waals surface area contributed by atoms with Crippen molar-refractivity contribution in [3.8, 4) is 0 Å². The van der Waals surface area contributed by atoms with Crippen molar-refractivity contribution in [2.24, 2.45) is 0 Å². The Morgan fingerprint density at radius 1 is 1.50 bits per heavy atom. The van der Waals surface area contributed by atoms with Crippen molar-refractivity contribution in [3.05, 3.63) is 28.2 Å². The molecule has 2 N–H and O–H groups in total. The second kappa shape index (κ2) is 5.89. The van der Waals surface area contributed by atoms with E-state index in [1.165, 1.54) is 5.56 Å². The molecule has 0 radical (unpaired) electrons. The van der Waals surface area contributed by atoms with E-state index in [1.54, 1.807) is 0 Å². The van der Waals surface area contributed by atoms with E-state index in [-0.39, 0.29) is 11.9 Å². The maximum absolute atomic E-state index is 11.5. The topological polar surface area (TPSA) is 41.1 Å². The highest BCUT2D eigenvalue weighted by Crippen LogP contribution is 2.23. The van der Waals surface area contributed by atoms with E-state index >= 15 is 0 Å². The molecule has 0 heterocycles. The van der Waals surface area contributed by atoms with E-state index in [2.05, 4.69) is 26.6 Å². The quantitative estimate of drug-likeness (QED) is 0.893. The molecule has 1 rings (SSSR count). The maximum atomic E-state index is 11.5. The summed E-state index contributed by atoms with van der Waals surface area (Å²) in [5, 5.41) is 5.94. The number of amides is 1. The standard InChI is InChI=1S/C12H17BrN2O/c1-4-14-12(16)9(3)15-11-6-5-8(2)7-10(11)13/h5-7,9,15H,4H2,1-3H3,(H,14,16). The summed E-state index contributed by atoms with van der Waals surface area (Å²) >= 11 is 3.47. The van der Waals surface area contributed by atoms with Gasteiger partial charge in [0.1, 0.15) is 6.04 Å². The molecule has 4 heteroatoms. The Labute approximate surface area is 105 Å². The summed E-state index contributed by atoms with van der Waals surface area (Å²) < 4.78 is 0.976. The second-order valence-electron chi connectivity index (χ2n) is 3.74. The molecule has 1 amide bonds. The Bertz CT molecular complexity index is 379. The fraction of sp³-hybridized carbons (Fsp3) is 0.417. The van der Waals surface area contributed by atoms with Crippen molar-refractivity contribution in [2.75, 3.05) is 11.9 Å². The van der Waals surface area contributed by atoms with Crippen LogP contribution in [-0.4, -0.2) is 18.5 Å². The lowest BCUT2D eigenvalue weighted by Gasteiger charge is -2.16. The summed E-state index contributed by atoms with van der Waals surface area (Å²) in [4.78, 5) is 11.5. The fourth-order valence-corrected chi connectivity index (χ4v) is 1.97. The number of anilines is 1. The molecule has 0 aromatic heterocycles. The highest BCUT2D eigenvalue weighted by molar-refractivity contribution is 9.10. The van der Waals surface area contributed by atoms with Gasteiger partial charge in [-0.05, 0) is 54.4 Å². The van der Waals surface area contributed by atoms with Gasteiger partial charge in [-0.3, -0.25) is 4.79 Å². The van der Waals surface area contributed by atoms with Gasteiger partial charge in [-0.1, -0.05) is 6.07 Å². The van der Waals surface area contributed by atoms with Crippen molar-refractivity contribution < 1.29 is 4.79 Å². The van der Waals surface area contributed by atoms with Crippen molar-refractivity contribution in [2.45, 2.75) is 26.8 Å². The summed E-state index contributed by atoms with van der Waals surface area (Å²) in [7, 11) is 0. The monoisotopic (exact) mass is 284 g/mol. The normalized spacial score (nSPS) is 12.0. The first-order chi connectivity index (χ1) is 7.54. The van der Waals surface area contributed by atoms with E-state index in [0.29, 0.717) is 6.54 Å². The van der Waals surface area contributed by atoms with Gasteiger partial charge in [0.15, 0.2) is 0 Å². The molecular formula is C12H17BrN2O. The molecule has 0 saturated heterocycles. The highest BCUT2D eigenvalue weighted by Gasteiger charge is 2.12. The number of carbonyl (C=O) groups is 1. The smallest absolute Gasteiger partial charge is 0.242 e. The van der Waals surface area contributed by atoms with E-state index in [1.807, 2.05) is 39.0 Å². The third-order valence-electron chi connectivity index (χ3n) is 2.24. The largest absolute Gasteiger partial charge is 0.373 e. The van der Waals surface area contributed by atoms with Gasteiger partial charge < -0.3 is 10.6 Å². The molecule has 88 valence electrons. The maximum Gasteiger partial charge on any atom is 0.242 e. The van der Waals surface area contributed by atoms with Gasteiger partial charge in [0.05, 0.1) is 0 Å². The third-order valence-corrected chi connectivity index (χ3v) is 2.90. The van der Waals surface area contributed by atoms with Crippen LogP contribution < -0.4 is 10.6 Å². The number of halogens is 1. The van der Waals surface area contributed by atoms with Gasteiger partial charge in [0, 0.05) is 16.7 Å². The van der Waals surface area contributed by atoms with E-state index < -0.39 is 0 Å². The molecule has 0 saturated carbocycles. The van der Waals surface area contributed by atoms with Crippen molar-refractivity contribution in [1.82, 2.24) is 5.32 Å². The van der Waals surface area contributed by atoms with Crippen LogP contribution in [-0.2, 0) is 4.79 Å². The number of carbonyl (C=O) groups excluding carboxylic acids is 1. The Hall–Kier alpha value is -1.03. The molecular weight excluding hydrogens is 268 g/mol. The first kappa shape index (κ1) is 13.0. The van der Waals surface area contributed by atoms with Gasteiger partial charge in [0.25, 0.3) is 0 Å². The van der Waals surface area contributed by atoms with E-state index in [9.17, 15) is 4.79 Å². The van der Waals surface area contributed by atoms with Crippen LogP contribution in [0.4, 0.5) is 5.69 Å². The predicted octanol–water partition coefficient (Wildman–Crippen LogP) is 2.69. The zero-order valence-electron chi connectivity index (χ0n) is 9.80. The van der Waals surface area contributed by atoms with Crippen LogP contribution in [0.25, 0.3) is 0 Å². The van der Waals surface area contributed by atoms with Crippen molar-refractivity contribution in [3.63, 3.8) is 0 Å². The highest BCUT2D eigenvalue weighted by atomic mass is 79.9. The van der Waals surface area contributed by atoms with Crippen LogP contribution in [0, 0.1) is 6.92 Å². The number of hydrogen-bond donors (Lipinski definition) is 2. The van der Waals surface area contributed by atoms with E-state index in [0.717, 1.165) is 10.2 Å². The number of hydrogen-bond acceptors (Lipinski definition) is 2. The van der Waals surface area contributed by atoms with Crippen LogP contribution in [0.5, 0.6) is 0 Å². The molecule has 0 spiro atoms. The molecule has 0 aliphatic heterocycles. The molecule has 3 nitrogen and oxygen atoms in total. The molecule has 1 aromatic carbocycles. The zero-order chi connectivity index (χ0) is 12.1. The van der Waals surface area contributed by atoms with Crippen LogP contribution in [0.15, 0.2) is 22.7 Å². The first-order valence-corrected chi connectivity index (χ1v) is 6.14. The van der Waals surface area contributed by atoms with Crippen LogP contribution in [0.3, 0.4) is 0 Å². The summed E-state index contributed by atoms with van der Waals surface area (Å²) in [5.41, 5.74) is 2.12. The SMILES string of the molecule is CCNC(=O)C(C)Nc1ccc(C)cc1Br. The minimum atomic E-state index is -0.237. The lowest BCUT2D eigenvalue weighted by molar-refractivity contribution is -0.121. The molecule has 1 unspecified atom stereocenters. The first-order valence-electron chi connectivity index (χ1n) is 5.35. The Morgan fingerprint density at radius 3 is 2.75 bits per heavy atom. The number of rotatable bonds is 4. The Kier molecular flexibility index (Phi) is 4.80. The Balaban J connectivity index is 2.69. The van der Waals surface area contributed by atoms with Gasteiger partial charge in [-0.2, -0.15) is 0 Å². The van der Waals surface area contributed by atoms with E-state index in [4.69, 9.17) is 0 Å². The lowest BCUT2D eigenvalue weighted by atomic mass is 10.2. The number of nitrogens with one attached hydrogen (secondary N) is 2. The number of benzene rings is 1. The molecule has 0 fully saturated rings. The van der Waals surface area contributed by atoms with Crippen molar-refractivity contribution >= 4 is 27.5 Å². The van der Waals surface area contributed by atoms with Crippen LogP contribution in [0.1, 0.15) is 19.4 Å². The lowest BCUT2D eigenvalue weighted by Crippen LogP contribution is -2.37. The molecule has 1 aromatic rings. The van der Waals surface area contributed by atoms with Crippen LogP contribution >= 0.6 is 15.9 Å². The predicted molar refractivity (Wildman–Crippen MR) is 70.6 cm³/mol. The van der Waals surface area contributed by atoms with Crippen molar-refractivity contribution in [1.29, 1.82) is 0 Å². The average Bonchev–Trinajstić information content (AvgIpc) is 2.22. The van der Waals surface area contributed by atoms with Gasteiger partial charge in [-0.15, -0.1) is 0 Å². The molecule has 0 bridgehead atoms. The third kappa shape index (κ3) is 3.52. The van der Waals surface area contributed by atoms with Crippen LogP contribution in [0.2, 0.25) is 0 Å². The number of likely N-dealkylation sites (N-methyl/N-ethyl adjacent to an activating group) is 1. The average molecular weight is 285 g/mol.